The van der Waals surface area contributed by atoms with E-state index >= 15 is 0 Å². The summed E-state index contributed by atoms with van der Waals surface area (Å²) in [6, 6.07) is 1.08. The molecule has 0 aromatic rings. The van der Waals surface area contributed by atoms with E-state index in [1.165, 1.54) is 5.75 Å². The fourth-order valence-electron chi connectivity index (χ4n) is 1.52. The standard InChI is InChI=1S/C9H17N3S/c1-6-4-10-8(11-6)12-7-5-13-9(7,2)3/h6-7H,4-5H2,1-3H3,(H2,10,11,12). The monoisotopic (exact) mass is 199 g/mol. The lowest BCUT2D eigenvalue weighted by Crippen LogP contribution is -2.58. The quantitative estimate of drug-likeness (QED) is 0.656. The van der Waals surface area contributed by atoms with Crippen molar-refractivity contribution in [2.24, 2.45) is 4.99 Å². The van der Waals surface area contributed by atoms with E-state index < -0.39 is 0 Å². The van der Waals surface area contributed by atoms with E-state index in [4.69, 9.17) is 0 Å². The zero-order chi connectivity index (χ0) is 9.47. The van der Waals surface area contributed by atoms with Crippen molar-refractivity contribution in [3.63, 3.8) is 0 Å². The van der Waals surface area contributed by atoms with Crippen LogP contribution in [-0.4, -0.2) is 35.1 Å². The Morgan fingerprint density at radius 2 is 2.38 bits per heavy atom. The molecular formula is C9H17N3S. The van der Waals surface area contributed by atoms with Gasteiger partial charge in [-0.3, -0.25) is 4.99 Å². The van der Waals surface area contributed by atoms with Crippen LogP contribution in [0.25, 0.3) is 0 Å². The second-order valence-electron chi connectivity index (χ2n) is 4.35. The van der Waals surface area contributed by atoms with Gasteiger partial charge in [0.05, 0.1) is 12.6 Å². The van der Waals surface area contributed by atoms with Gasteiger partial charge >= 0.3 is 0 Å². The van der Waals surface area contributed by atoms with Gasteiger partial charge in [-0.05, 0) is 20.8 Å². The average molecular weight is 199 g/mol. The molecule has 1 saturated heterocycles. The summed E-state index contributed by atoms with van der Waals surface area (Å²) in [6.45, 7) is 7.61. The van der Waals surface area contributed by atoms with Gasteiger partial charge in [-0.1, -0.05) is 0 Å². The molecule has 2 unspecified atom stereocenters. The Bertz CT molecular complexity index is 237. The highest BCUT2D eigenvalue weighted by atomic mass is 32.2. The van der Waals surface area contributed by atoms with Gasteiger partial charge in [0.2, 0.25) is 0 Å². The van der Waals surface area contributed by atoms with Crippen molar-refractivity contribution >= 4 is 17.7 Å². The highest BCUT2D eigenvalue weighted by molar-refractivity contribution is 8.02. The number of thioether (sulfide) groups is 1. The molecule has 74 valence electrons. The fraction of sp³-hybridized carbons (Fsp3) is 0.889. The van der Waals surface area contributed by atoms with Crippen LogP contribution >= 0.6 is 11.8 Å². The third-order valence-electron chi connectivity index (χ3n) is 2.68. The molecule has 0 spiro atoms. The first-order valence-electron chi connectivity index (χ1n) is 4.79. The van der Waals surface area contributed by atoms with E-state index in [2.05, 4.69) is 36.4 Å². The van der Waals surface area contributed by atoms with Crippen LogP contribution in [0.3, 0.4) is 0 Å². The third kappa shape index (κ3) is 1.77. The van der Waals surface area contributed by atoms with Gasteiger partial charge in [0.25, 0.3) is 0 Å². The molecule has 0 amide bonds. The maximum Gasteiger partial charge on any atom is 0.191 e. The van der Waals surface area contributed by atoms with Crippen LogP contribution in [0.2, 0.25) is 0 Å². The Kier molecular flexibility index (Phi) is 2.18. The Labute approximate surface area is 83.8 Å². The van der Waals surface area contributed by atoms with Gasteiger partial charge in [0, 0.05) is 16.5 Å². The Hall–Kier alpha value is -0.380. The van der Waals surface area contributed by atoms with E-state index in [1.54, 1.807) is 0 Å². The molecule has 2 aliphatic rings. The zero-order valence-corrected chi connectivity index (χ0v) is 9.24. The Morgan fingerprint density at radius 3 is 2.77 bits per heavy atom. The van der Waals surface area contributed by atoms with Crippen LogP contribution in [0.5, 0.6) is 0 Å². The topological polar surface area (TPSA) is 36.4 Å². The molecule has 0 bridgehead atoms. The van der Waals surface area contributed by atoms with E-state index in [0.717, 1.165) is 12.5 Å². The molecular weight excluding hydrogens is 182 g/mol. The molecule has 0 aromatic carbocycles. The van der Waals surface area contributed by atoms with E-state index in [-0.39, 0.29) is 0 Å². The number of hydrogen-bond donors (Lipinski definition) is 2. The van der Waals surface area contributed by atoms with E-state index in [0.29, 0.717) is 16.8 Å². The van der Waals surface area contributed by atoms with Crippen molar-refractivity contribution in [2.45, 2.75) is 37.6 Å². The van der Waals surface area contributed by atoms with Crippen molar-refractivity contribution in [3.8, 4) is 0 Å². The van der Waals surface area contributed by atoms with Crippen LogP contribution in [0.4, 0.5) is 0 Å². The molecule has 0 aromatic heterocycles. The predicted octanol–water partition coefficient (Wildman–Crippen LogP) is 0.818. The van der Waals surface area contributed by atoms with Crippen LogP contribution in [0, 0.1) is 0 Å². The van der Waals surface area contributed by atoms with Crippen molar-refractivity contribution in [1.82, 2.24) is 10.6 Å². The maximum absolute atomic E-state index is 4.39. The van der Waals surface area contributed by atoms with E-state index in [1.807, 2.05) is 11.8 Å². The van der Waals surface area contributed by atoms with Crippen LogP contribution in [-0.2, 0) is 0 Å². The molecule has 2 rings (SSSR count). The predicted molar refractivity (Wildman–Crippen MR) is 58.4 cm³/mol. The van der Waals surface area contributed by atoms with Gasteiger partial charge in [-0.15, -0.1) is 0 Å². The summed E-state index contributed by atoms with van der Waals surface area (Å²) in [5, 5.41) is 6.77. The molecule has 0 radical (unpaired) electrons. The number of nitrogens with one attached hydrogen (secondary N) is 2. The number of aliphatic imine (C=N–C) groups is 1. The molecule has 0 saturated carbocycles. The molecule has 4 heteroatoms. The van der Waals surface area contributed by atoms with Crippen molar-refractivity contribution in [2.75, 3.05) is 12.3 Å². The molecule has 2 heterocycles. The second kappa shape index (κ2) is 3.08. The van der Waals surface area contributed by atoms with Gasteiger partial charge in [-0.25, -0.2) is 0 Å². The van der Waals surface area contributed by atoms with Crippen molar-refractivity contribution in [3.05, 3.63) is 0 Å². The third-order valence-corrected chi connectivity index (χ3v) is 4.21. The lowest BCUT2D eigenvalue weighted by Gasteiger charge is -2.44. The van der Waals surface area contributed by atoms with Gasteiger partial charge in [0.15, 0.2) is 5.96 Å². The molecule has 1 fully saturated rings. The Balaban J connectivity index is 1.86. The number of rotatable bonds is 1. The van der Waals surface area contributed by atoms with Crippen molar-refractivity contribution in [1.29, 1.82) is 0 Å². The molecule has 13 heavy (non-hydrogen) atoms. The van der Waals surface area contributed by atoms with Crippen LogP contribution in [0.1, 0.15) is 20.8 Å². The summed E-state index contributed by atoms with van der Waals surface area (Å²) in [5.41, 5.74) is 0. The summed E-state index contributed by atoms with van der Waals surface area (Å²) in [6.07, 6.45) is 0. The lowest BCUT2D eigenvalue weighted by molar-refractivity contribution is 0.494. The normalized spacial score (nSPS) is 36.1. The SMILES string of the molecule is CC1CN=C(NC2CSC2(C)C)N1. The minimum absolute atomic E-state index is 0.371. The highest BCUT2D eigenvalue weighted by Crippen LogP contribution is 2.39. The first-order chi connectivity index (χ1) is 6.08. The lowest BCUT2D eigenvalue weighted by atomic mass is 10.0. The first kappa shape index (κ1) is 9.19. The van der Waals surface area contributed by atoms with Crippen molar-refractivity contribution < 1.29 is 0 Å². The minimum Gasteiger partial charge on any atom is -0.352 e. The van der Waals surface area contributed by atoms with Crippen LogP contribution < -0.4 is 10.6 Å². The second-order valence-corrected chi connectivity index (χ2v) is 6.02. The van der Waals surface area contributed by atoms with Gasteiger partial charge in [-0.2, -0.15) is 11.8 Å². The van der Waals surface area contributed by atoms with Crippen LogP contribution in [0.15, 0.2) is 4.99 Å². The smallest absolute Gasteiger partial charge is 0.191 e. The molecule has 0 aliphatic carbocycles. The Morgan fingerprint density at radius 1 is 1.62 bits per heavy atom. The summed E-state index contributed by atoms with van der Waals surface area (Å²) in [7, 11) is 0. The summed E-state index contributed by atoms with van der Waals surface area (Å²) in [4.78, 5) is 4.39. The molecule has 2 N–H and O–H groups in total. The largest absolute Gasteiger partial charge is 0.352 e. The maximum atomic E-state index is 4.39. The first-order valence-corrected chi connectivity index (χ1v) is 5.78. The highest BCUT2D eigenvalue weighted by Gasteiger charge is 2.40. The number of nitrogens with zero attached hydrogens (tertiary/aromatic N) is 1. The molecule has 3 nitrogen and oxygen atoms in total. The fourth-order valence-corrected chi connectivity index (χ4v) is 2.66. The number of guanidine groups is 1. The summed E-state index contributed by atoms with van der Waals surface area (Å²) in [5.74, 6) is 2.19. The molecule has 2 aliphatic heterocycles. The minimum atomic E-state index is 0.371. The zero-order valence-electron chi connectivity index (χ0n) is 8.42. The summed E-state index contributed by atoms with van der Waals surface area (Å²) < 4.78 is 0.371. The van der Waals surface area contributed by atoms with E-state index in [9.17, 15) is 0 Å². The molecule has 2 atom stereocenters. The average Bonchev–Trinajstić information content (AvgIpc) is 2.46. The van der Waals surface area contributed by atoms with Gasteiger partial charge < -0.3 is 10.6 Å². The van der Waals surface area contributed by atoms with Gasteiger partial charge in [0.1, 0.15) is 0 Å². The number of hydrogen-bond acceptors (Lipinski definition) is 4. The summed E-state index contributed by atoms with van der Waals surface area (Å²) >= 11 is 2.01.